The molecule has 0 aliphatic carbocycles. The number of rotatable bonds is 2. The molecule has 2 aliphatic heterocycles. The van der Waals surface area contributed by atoms with Crippen LogP contribution in [-0.4, -0.2) is 29.9 Å². The van der Waals surface area contributed by atoms with Gasteiger partial charge in [0.15, 0.2) is 5.82 Å². The fraction of sp³-hybridized carbons (Fsp3) is 0.375. The summed E-state index contributed by atoms with van der Waals surface area (Å²) in [7, 11) is 0. The predicted octanol–water partition coefficient (Wildman–Crippen LogP) is 2.68. The first kappa shape index (κ1) is 11.7. The van der Waals surface area contributed by atoms with Crippen molar-refractivity contribution in [3.05, 3.63) is 35.9 Å². The van der Waals surface area contributed by atoms with Crippen molar-refractivity contribution in [2.45, 2.75) is 19.3 Å². The number of para-hydroxylation sites is 1. The van der Waals surface area contributed by atoms with E-state index in [1.54, 1.807) is 0 Å². The van der Waals surface area contributed by atoms with Crippen molar-refractivity contribution < 1.29 is 4.74 Å². The number of anilines is 1. The van der Waals surface area contributed by atoms with Crippen LogP contribution in [0.1, 0.15) is 18.4 Å². The number of aromatic nitrogens is 2. The molecule has 2 aliphatic rings. The molecule has 0 bridgehead atoms. The Morgan fingerprint density at radius 3 is 2.70 bits per heavy atom. The first-order valence-corrected chi connectivity index (χ1v) is 7.25. The lowest BCUT2D eigenvalue weighted by atomic mass is 10.1. The Morgan fingerprint density at radius 2 is 1.90 bits per heavy atom. The van der Waals surface area contributed by atoms with Crippen LogP contribution in [0.15, 0.2) is 30.3 Å². The van der Waals surface area contributed by atoms with Crippen molar-refractivity contribution in [1.82, 2.24) is 10.2 Å². The highest BCUT2D eigenvalue weighted by Gasteiger charge is 2.19. The molecular weight excluding hydrogens is 250 g/mol. The SMILES string of the molecule is c1cc2c(c(-c3ccc(N4CCCC4)nn3)c1)OCC2. The molecule has 0 radical (unpaired) electrons. The zero-order valence-electron chi connectivity index (χ0n) is 11.4. The molecule has 0 saturated carbocycles. The first-order valence-electron chi connectivity index (χ1n) is 7.25. The quantitative estimate of drug-likeness (QED) is 0.838. The van der Waals surface area contributed by atoms with Crippen molar-refractivity contribution >= 4 is 5.82 Å². The predicted molar refractivity (Wildman–Crippen MR) is 78.1 cm³/mol. The number of ether oxygens (including phenoxy) is 1. The summed E-state index contributed by atoms with van der Waals surface area (Å²) in [6.07, 6.45) is 3.50. The molecular formula is C16H17N3O. The van der Waals surface area contributed by atoms with Crippen LogP contribution in [-0.2, 0) is 6.42 Å². The van der Waals surface area contributed by atoms with Gasteiger partial charge in [0.1, 0.15) is 5.75 Å². The summed E-state index contributed by atoms with van der Waals surface area (Å²) in [6, 6.07) is 10.4. The minimum atomic E-state index is 0.769. The van der Waals surface area contributed by atoms with E-state index >= 15 is 0 Å². The molecule has 4 rings (SSSR count). The molecule has 0 unspecified atom stereocenters. The van der Waals surface area contributed by atoms with Crippen LogP contribution < -0.4 is 9.64 Å². The third-order valence-electron chi connectivity index (χ3n) is 4.07. The molecule has 0 spiro atoms. The van der Waals surface area contributed by atoms with Gasteiger partial charge in [0.05, 0.1) is 12.3 Å². The summed E-state index contributed by atoms with van der Waals surface area (Å²) in [5.41, 5.74) is 3.22. The average Bonchev–Trinajstić information content (AvgIpc) is 3.18. The summed E-state index contributed by atoms with van der Waals surface area (Å²) in [5, 5.41) is 8.78. The van der Waals surface area contributed by atoms with E-state index < -0.39 is 0 Å². The topological polar surface area (TPSA) is 38.2 Å². The molecule has 1 aromatic heterocycles. The molecule has 0 amide bonds. The van der Waals surface area contributed by atoms with E-state index in [0.717, 1.165) is 48.9 Å². The third kappa shape index (κ3) is 1.92. The molecule has 1 saturated heterocycles. The van der Waals surface area contributed by atoms with Gasteiger partial charge < -0.3 is 9.64 Å². The number of nitrogens with zero attached hydrogens (tertiary/aromatic N) is 3. The zero-order chi connectivity index (χ0) is 13.4. The molecule has 2 aromatic rings. The van der Waals surface area contributed by atoms with Crippen LogP contribution in [0.4, 0.5) is 5.82 Å². The highest BCUT2D eigenvalue weighted by molar-refractivity contribution is 5.70. The summed E-state index contributed by atoms with van der Waals surface area (Å²) in [6.45, 7) is 2.96. The molecule has 1 fully saturated rings. The minimum absolute atomic E-state index is 0.769. The molecule has 3 heterocycles. The number of hydrogen-bond acceptors (Lipinski definition) is 4. The smallest absolute Gasteiger partial charge is 0.151 e. The van der Waals surface area contributed by atoms with Crippen molar-refractivity contribution in [2.24, 2.45) is 0 Å². The maximum atomic E-state index is 5.74. The number of hydrogen-bond donors (Lipinski definition) is 0. The zero-order valence-corrected chi connectivity index (χ0v) is 11.4. The molecule has 0 atom stereocenters. The lowest BCUT2D eigenvalue weighted by Gasteiger charge is -2.15. The Balaban J connectivity index is 1.67. The third-order valence-corrected chi connectivity index (χ3v) is 4.07. The molecule has 102 valence electrons. The van der Waals surface area contributed by atoms with E-state index in [4.69, 9.17) is 4.74 Å². The van der Waals surface area contributed by atoms with Gasteiger partial charge in [-0.2, -0.15) is 0 Å². The molecule has 4 nitrogen and oxygen atoms in total. The standard InChI is InChI=1S/C16H17N3O/c1-2-10-19(9-1)15-7-6-14(17-18-15)13-5-3-4-12-8-11-20-16(12)13/h3-7H,1-2,8-11H2. The first-order chi connectivity index (χ1) is 9.92. The lowest BCUT2D eigenvalue weighted by molar-refractivity contribution is 0.358. The van der Waals surface area contributed by atoms with Crippen molar-refractivity contribution in [1.29, 1.82) is 0 Å². The van der Waals surface area contributed by atoms with Crippen LogP contribution in [0.2, 0.25) is 0 Å². The van der Waals surface area contributed by atoms with Gasteiger partial charge in [-0.25, -0.2) is 0 Å². The van der Waals surface area contributed by atoms with E-state index in [0.29, 0.717) is 0 Å². The summed E-state index contributed by atoms with van der Waals surface area (Å²) < 4.78 is 5.74. The monoisotopic (exact) mass is 267 g/mol. The summed E-state index contributed by atoms with van der Waals surface area (Å²) in [5.74, 6) is 1.97. The average molecular weight is 267 g/mol. The second-order valence-corrected chi connectivity index (χ2v) is 5.36. The van der Waals surface area contributed by atoms with E-state index in [1.807, 2.05) is 0 Å². The minimum Gasteiger partial charge on any atom is -0.492 e. The van der Waals surface area contributed by atoms with Gasteiger partial charge >= 0.3 is 0 Å². The Labute approximate surface area is 118 Å². The Hall–Kier alpha value is -2.10. The van der Waals surface area contributed by atoms with Crippen molar-refractivity contribution in [3.63, 3.8) is 0 Å². The van der Waals surface area contributed by atoms with Gasteiger partial charge in [0.25, 0.3) is 0 Å². The second-order valence-electron chi connectivity index (χ2n) is 5.36. The fourth-order valence-electron chi connectivity index (χ4n) is 3.00. The Kier molecular flexibility index (Phi) is 2.80. The van der Waals surface area contributed by atoms with Gasteiger partial charge in [-0.3, -0.25) is 0 Å². The van der Waals surface area contributed by atoms with Crippen LogP contribution >= 0.6 is 0 Å². The van der Waals surface area contributed by atoms with E-state index in [9.17, 15) is 0 Å². The Bertz CT molecular complexity index is 618. The van der Waals surface area contributed by atoms with Gasteiger partial charge in [0.2, 0.25) is 0 Å². The maximum Gasteiger partial charge on any atom is 0.151 e. The number of fused-ring (bicyclic) bond motifs is 1. The lowest BCUT2D eigenvalue weighted by Crippen LogP contribution is -2.19. The van der Waals surface area contributed by atoms with Crippen LogP contribution in [0.25, 0.3) is 11.3 Å². The highest BCUT2D eigenvalue weighted by atomic mass is 16.5. The van der Waals surface area contributed by atoms with E-state index in [2.05, 4.69) is 45.4 Å². The summed E-state index contributed by atoms with van der Waals surface area (Å²) in [4.78, 5) is 2.29. The fourth-order valence-corrected chi connectivity index (χ4v) is 3.00. The molecule has 4 heteroatoms. The normalized spacial score (nSPS) is 17.1. The van der Waals surface area contributed by atoms with Crippen LogP contribution in [0.3, 0.4) is 0 Å². The van der Waals surface area contributed by atoms with Gasteiger partial charge in [0, 0.05) is 25.1 Å². The van der Waals surface area contributed by atoms with Crippen LogP contribution in [0, 0.1) is 0 Å². The van der Waals surface area contributed by atoms with Gasteiger partial charge in [-0.05, 0) is 36.6 Å². The van der Waals surface area contributed by atoms with Crippen LogP contribution in [0.5, 0.6) is 5.75 Å². The largest absolute Gasteiger partial charge is 0.492 e. The van der Waals surface area contributed by atoms with E-state index in [-0.39, 0.29) is 0 Å². The maximum absolute atomic E-state index is 5.74. The van der Waals surface area contributed by atoms with Gasteiger partial charge in [-0.15, -0.1) is 10.2 Å². The Morgan fingerprint density at radius 1 is 1.00 bits per heavy atom. The highest BCUT2D eigenvalue weighted by Crippen LogP contribution is 2.35. The van der Waals surface area contributed by atoms with Gasteiger partial charge in [-0.1, -0.05) is 12.1 Å². The molecule has 1 aromatic carbocycles. The number of benzene rings is 1. The van der Waals surface area contributed by atoms with Crippen molar-refractivity contribution in [3.8, 4) is 17.0 Å². The van der Waals surface area contributed by atoms with E-state index in [1.165, 1.54) is 18.4 Å². The van der Waals surface area contributed by atoms with Crippen molar-refractivity contribution in [2.75, 3.05) is 24.6 Å². The molecule has 20 heavy (non-hydrogen) atoms. The summed E-state index contributed by atoms with van der Waals surface area (Å²) >= 11 is 0. The second kappa shape index (κ2) is 4.78. The molecule has 0 N–H and O–H groups in total.